The number of carbonyl (C=O) groups is 1. The summed E-state index contributed by atoms with van der Waals surface area (Å²) >= 11 is 0. The fourth-order valence-corrected chi connectivity index (χ4v) is 2.99. The number of amides is 2. The van der Waals surface area contributed by atoms with Gasteiger partial charge in [0.25, 0.3) is 0 Å². The largest absolute Gasteiger partial charge is 0.332 e. The topological polar surface area (TPSA) is 86.0 Å². The Balaban J connectivity index is 1.81. The van der Waals surface area contributed by atoms with Crippen molar-refractivity contribution in [2.75, 3.05) is 16.3 Å². The number of hydrogen-bond donors (Lipinski definition) is 0. The van der Waals surface area contributed by atoms with Crippen molar-refractivity contribution in [3.05, 3.63) is 54.6 Å². The average molecular weight is 330 g/mol. The maximum atomic E-state index is 13.0. The zero-order valence-corrected chi connectivity index (χ0v) is 13.5. The second-order valence-electron chi connectivity index (χ2n) is 5.79. The molecule has 1 aromatic carbocycles. The summed E-state index contributed by atoms with van der Waals surface area (Å²) < 4.78 is 0. The SMILES string of the molecule is Cc1ccnc(N2CC(C#N)N(c3cncc4ccccc34)C2=O)n1. The Labute approximate surface area is 144 Å². The second-order valence-corrected chi connectivity index (χ2v) is 5.79. The molecule has 0 saturated carbocycles. The summed E-state index contributed by atoms with van der Waals surface area (Å²) in [5, 5.41) is 11.4. The highest BCUT2D eigenvalue weighted by Crippen LogP contribution is 2.32. The molecule has 3 aromatic rings. The van der Waals surface area contributed by atoms with E-state index in [1.807, 2.05) is 31.2 Å². The van der Waals surface area contributed by atoms with E-state index < -0.39 is 6.04 Å². The molecule has 0 spiro atoms. The van der Waals surface area contributed by atoms with Crippen LogP contribution in [0.1, 0.15) is 5.69 Å². The van der Waals surface area contributed by atoms with Gasteiger partial charge in [-0.2, -0.15) is 5.26 Å². The molecule has 122 valence electrons. The first kappa shape index (κ1) is 15.0. The lowest BCUT2D eigenvalue weighted by Gasteiger charge is -2.20. The lowest BCUT2D eigenvalue weighted by atomic mass is 10.1. The summed E-state index contributed by atoms with van der Waals surface area (Å²) in [6.45, 7) is 2.04. The molecule has 1 unspecified atom stereocenters. The highest BCUT2D eigenvalue weighted by molar-refractivity contribution is 6.11. The molecule has 1 aliphatic heterocycles. The Morgan fingerprint density at radius 2 is 2.08 bits per heavy atom. The normalized spacial score (nSPS) is 17.1. The van der Waals surface area contributed by atoms with Crippen molar-refractivity contribution in [3.63, 3.8) is 0 Å². The van der Waals surface area contributed by atoms with Gasteiger partial charge < -0.3 is 0 Å². The molecule has 0 bridgehead atoms. The maximum Gasteiger partial charge on any atom is 0.332 e. The maximum absolute atomic E-state index is 13.0. The Morgan fingerprint density at radius 1 is 1.24 bits per heavy atom. The van der Waals surface area contributed by atoms with Gasteiger partial charge >= 0.3 is 6.03 Å². The van der Waals surface area contributed by atoms with Gasteiger partial charge in [-0.05, 0) is 13.0 Å². The third kappa shape index (κ3) is 2.44. The van der Waals surface area contributed by atoms with Crippen molar-refractivity contribution in [1.29, 1.82) is 5.26 Å². The van der Waals surface area contributed by atoms with Gasteiger partial charge in [0, 0.05) is 28.9 Å². The van der Waals surface area contributed by atoms with E-state index in [9.17, 15) is 10.1 Å². The number of rotatable bonds is 2. The van der Waals surface area contributed by atoms with Crippen molar-refractivity contribution >= 4 is 28.4 Å². The third-order valence-electron chi connectivity index (χ3n) is 4.18. The molecule has 1 atom stereocenters. The number of nitrogens with zero attached hydrogens (tertiary/aromatic N) is 6. The zero-order valence-electron chi connectivity index (χ0n) is 13.5. The van der Waals surface area contributed by atoms with E-state index in [0.29, 0.717) is 11.6 Å². The molecule has 0 aliphatic carbocycles. The molecule has 2 aromatic heterocycles. The van der Waals surface area contributed by atoms with Crippen LogP contribution in [0.5, 0.6) is 0 Å². The molecule has 3 heterocycles. The van der Waals surface area contributed by atoms with Crippen LogP contribution in [0.25, 0.3) is 10.8 Å². The highest BCUT2D eigenvalue weighted by atomic mass is 16.2. The Hall–Kier alpha value is -3.53. The fourth-order valence-electron chi connectivity index (χ4n) is 2.99. The van der Waals surface area contributed by atoms with E-state index in [1.165, 1.54) is 9.80 Å². The van der Waals surface area contributed by atoms with E-state index in [0.717, 1.165) is 16.5 Å². The average Bonchev–Trinajstić information content (AvgIpc) is 2.97. The van der Waals surface area contributed by atoms with E-state index in [1.54, 1.807) is 24.7 Å². The number of hydrogen-bond acceptors (Lipinski definition) is 5. The molecule has 1 aliphatic rings. The van der Waals surface area contributed by atoms with E-state index >= 15 is 0 Å². The quantitative estimate of drug-likeness (QED) is 0.721. The number of aromatic nitrogens is 3. The van der Waals surface area contributed by atoms with Crippen LogP contribution in [0, 0.1) is 18.3 Å². The van der Waals surface area contributed by atoms with E-state index in [2.05, 4.69) is 21.0 Å². The van der Waals surface area contributed by atoms with Crippen LogP contribution in [-0.2, 0) is 0 Å². The minimum atomic E-state index is -0.635. The molecule has 1 saturated heterocycles. The number of carbonyl (C=O) groups excluding carboxylic acids is 1. The van der Waals surface area contributed by atoms with Crippen molar-refractivity contribution < 1.29 is 4.79 Å². The molecule has 25 heavy (non-hydrogen) atoms. The highest BCUT2D eigenvalue weighted by Gasteiger charge is 2.41. The zero-order chi connectivity index (χ0) is 17.4. The predicted octanol–water partition coefficient (Wildman–Crippen LogP) is 2.67. The number of benzene rings is 1. The van der Waals surface area contributed by atoms with Gasteiger partial charge in [0.2, 0.25) is 5.95 Å². The van der Waals surface area contributed by atoms with E-state index in [4.69, 9.17) is 0 Å². The summed E-state index contributed by atoms with van der Waals surface area (Å²) in [5.74, 6) is 0.306. The van der Waals surface area contributed by atoms with Gasteiger partial charge in [0.05, 0.1) is 24.5 Å². The van der Waals surface area contributed by atoms with Crippen LogP contribution in [0.4, 0.5) is 16.4 Å². The molecular formula is C18H14N6O. The van der Waals surface area contributed by atoms with Crippen LogP contribution in [-0.4, -0.2) is 33.6 Å². The van der Waals surface area contributed by atoms with Crippen LogP contribution in [0.15, 0.2) is 48.9 Å². The van der Waals surface area contributed by atoms with Crippen molar-refractivity contribution in [3.8, 4) is 6.07 Å². The number of urea groups is 1. The Morgan fingerprint density at radius 3 is 2.88 bits per heavy atom. The predicted molar refractivity (Wildman–Crippen MR) is 93.1 cm³/mol. The fraction of sp³-hybridized carbons (Fsp3) is 0.167. The van der Waals surface area contributed by atoms with Crippen LogP contribution in [0.3, 0.4) is 0 Å². The van der Waals surface area contributed by atoms with Crippen molar-refractivity contribution in [1.82, 2.24) is 15.0 Å². The van der Waals surface area contributed by atoms with Crippen molar-refractivity contribution in [2.45, 2.75) is 13.0 Å². The van der Waals surface area contributed by atoms with Gasteiger partial charge in [0.15, 0.2) is 0 Å². The molecule has 7 nitrogen and oxygen atoms in total. The first-order valence-corrected chi connectivity index (χ1v) is 7.82. The molecule has 1 fully saturated rings. The van der Waals surface area contributed by atoms with Crippen LogP contribution in [0.2, 0.25) is 0 Å². The number of aryl methyl sites for hydroxylation is 1. The van der Waals surface area contributed by atoms with Gasteiger partial charge in [-0.15, -0.1) is 0 Å². The summed E-state index contributed by atoms with van der Waals surface area (Å²) in [7, 11) is 0. The van der Waals surface area contributed by atoms with Gasteiger partial charge in [0.1, 0.15) is 6.04 Å². The van der Waals surface area contributed by atoms with Gasteiger partial charge in [-0.1, -0.05) is 24.3 Å². The first-order valence-electron chi connectivity index (χ1n) is 7.82. The standard InChI is InChI=1S/C18H14N6O/c1-12-6-7-21-17(22-12)23-11-14(8-19)24(18(23)25)16-10-20-9-13-4-2-3-5-15(13)16/h2-7,9-10,14H,11H2,1H3. The van der Waals surface area contributed by atoms with Crippen LogP contribution < -0.4 is 9.80 Å². The van der Waals surface area contributed by atoms with Gasteiger partial charge in [-0.3, -0.25) is 14.8 Å². The molecule has 7 heteroatoms. The minimum Gasteiger partial charge on any atom is -0.273 e. The molecule has 4 rings (SSSR count). The lowest BCUT2D eigenvalue weighted by Crippen LogP contribution is -2.35. The number of fused-ring (bicyclic) bond motifs is 1. The van der Waals surface area contributed by atoms with Gasteiger partial charge in [-0.25, -0.2) is 14.8 Å². The smallest absolute Gasteiger partial charge is 0.273 e. The number of nitriles is 1. The first-order chi connectivity index (χ1) is 12.2. The molecule has 2 amide bonds. The van der Waals surface area contributed by atoms with E-state index in [-0.39, 0.29) is 12.6 Å². The van der Waals surface area contributed by atoms with Crippen molar-refractivity contribution in [2.24, 2.45) is 0 Å². The molecule has 0 radical (unpaired) electrons. The Bertz CT molecular complexity index is 1010. The number of anilines is 2. The molecule has 0 N–H and O–H groups in total. The summed E-state index contributed by atoms with van der Waals surface area (Å²) in [4.78, 5) is 28.6. The Kier molecular flexibility index (Phi) is 3.51. The monoisotopic (exact) mass is 330 g/mol. The second kappa shape index (κ2) is 5.83. The molecular weight excluding hydrogens is 316 g/mol. The minimum absolute atomic E-state index is 0.210. The number of pyridine rings is 1. The summed E-state index contributed by atoms with van der Waals surface area (Å²) in [5.41, 5.74) is 1.38. The summed E-state index contributed by atoms with van der Waals surface area (Å²) in [6, 6.07) is 10.7. The lowest BCUT2D eigenvalue weighted by molar-refractivity contribution is 0.255. The third-order valence-corrected chi connectivity index (χ3v) is 4.18. The summed E-state index contributed by atoms with van der Waals surface area (Å²) in [6.07, 6.45) is 4.96. The van der Waals surface area contributed by atoms with Crippen LogP contribution >= 0.6 is 0 Å².